The van der Waals surface area contributed by atoms with E-state index in [1.807, 2.05) is 19.9 Å². The lowest BCUT2D eigenvalue weighted by Gasteiger charge is -2.15. The highest BCUT2D eigenvalue weighted by Gasteiger charge is 2.18. The van der Waals surface area contributed by atoms with E-state index in [9.17, 15) is 10.1 Å². The molecule has 1 amide bonds. The number of amides is 1. The van der Waals surface area contributed by atoms with Crippen LogP contribution in [0.4, 0.5) is 0 Å². The molecular formula is C19H23ClN2O4. The molecule has 1 saturated heterocycles. The third-order valence-corrected chi connectivity index (χ3v) is 4.08. The summed E-state index contributed by atoms with van der Waals surface area (Å²) in [4.78, 5) is 12.2. The van der Waals surface area contributed by atoms with Crippen molar-refractivity contribution in [2.75, 3.05) is 20.3 Å². The van der Waals surface area contributed by atoms with Gasteiger partial charge in [0.05, 0.1) is 24.3 Å². The average Bonchev–Trinajstić information content (AvgIpc) is 3.12. The highest BCUT2D eigenvalue weighted by Crippen LogP contribution is 2.37. The number of carbonyl (C=O) groups is 1. The fourth-order valence-corrected chi connectivity index (χ4v) is 2.86. The van der Waals surface area contributed by atoms with Crippen molar-refractivity contribution in [3.8, 4) is 17.6 Å². The maximum Gasteiger partial charge on any atom is 0.262 e. The number of benzene rings is 1. The first-order valence-electron chi connectivity index (χ1n) is 8.50. The minimum Gasteiger partial charge on any atom is -0.493 e. The van der Waals surface area contributed by atoms with Crippen molar-refractivity contribution in [1.82, 2.24) is 5.32 Å². The summed E-state index contributed by atoms with van der Waals surface area (Å²) < 4.78 is 16.4. The predicted octanol–water partition coefficient (Wildman–Crippen LogP) is 3.34. The quantitative estimate of drug-likeness (QED) is 0.581. The molecule has 140 valence electrons. The maximum atomic E-state index is 12.2. The number of halogens is 1. The number of ether oxygens (including phenoxy) is 3. The standard InChI is InChI=1S/C19H23ClN2O4/c1-12(2)26-18-16(20)8-13(9-17(18)24-3)7-14(10-21)19(23)22-11-15-5-4-6-25-15/h7-9,12,15H,4-6,11H2,1-3H3,(H,22,23)/b14-7+. The normalized spacial score (nSPS) is 17.1. The predicted molar refractivity (Wildman–Crippen MR) is 99.3 cm³/mol. The fraction of sp³-hybridized carbons (Fsp3) is 0.474. The molecule has 0 aliphatic carbocycles. The molecule has 0 saturated carbocycles. The highest BCUT2D eigenvalue weighted by molar-refractivity contribution is 6.32. The molecule has 1 aliphatic rings. The molecule has 1 aliphatic heterocycles. The fourth-order valence-electron chi connectivity index (χ4n) is 2.60. The van der Waals surface area contributed by atoms with Gasteiger partial charge in [0.1, 0.15) is 11.6 Å². The van der Waals surface area contributed by atoms with Crippen LogP contribution in [0.15, 0.2) is 17.7 Å². The molecular weight excluding hydrogens is 356 g/mol. The van der Waals surface area contributed by atoms with Gasteiger partial charge in [-0.3, -0.25) is 4.79 Å². The summed E-state index contributed by atoms with van der Waals surface area (Å²) in [7, 11) is 1.51. The number of nitrogens with one attached hydrogen (secondary N) is 1. The van der Waals surface area contributed by atoms with Gasteiger partial charge in [0.25, 0.3) is 5.91 Å². The Labute approximate surface area is 158 Å². The Morgan fingerprint density at radius 1 is 1.54 bits per heavy atom. The SMILES string of the molecule is COc1cc(/C=C(\C#N)C(=O)NCC2CCCO2)cc(Cl)c1OC(C)C. The summed E-state index contributed by atoms with van der Waals surface area (Å²) in [5.74, 6) is 0.428. The van der Waals surface area contributed by atoms with Crippen LogP contribution in [0.5, 0.6) is 11.5 Å². The number of nitrogens with zero attached hydrogens (tertiary/aromatic N) is 1. The van der Waals surface area contributed by atoms with Gasteiger partial charge in [0, 0.05) is 13.2 Å². The van der Waals surface area contributed by atoms with Crippen molar-refractivity contribution in [3.05, 3.63) is 28.3 Å². The minimum atomic E-state index is -0.444. The smallest absolute Gasteiger partial charge is 0.262 e. The van der Waals surface area contributed by atoms with Crippen LogP contribution in [-0.2, 0) is 9.53 Å². The van der Waals surface area contributed by atoms with Gasteiger partial charge in [-0.05, 0) is 50.5 Å². The summed E-state index contributed by atoms with van der Waals surface area (Å²) in [6.45, 7) is 4.87. The van der Waals surface area contributed by atoms with Crippen molar-refractivity contribution in [1.29, 1.82) is 5.26 Å². The Kier molecular flexibility index (Phi) is 7.31. The van der Waals surface area contributed by atoms with Gasteiger partial charge in [0.2, 0.25) is 0 Å². The van der Waals surface area contributed by atoms with E-state index in [4.69, 9.17) is 25.8 Å². The van der Waals surface area contributed by atoms with Gasteiger partial charge in [-0.25, -0.2) is 0 Å². The van der Waals surface area contributed by atoms with E-state index in [1.165, 1.54) is 13.2 Å². The van der Waals surface area contributed by atoms with Crippen molar-refractivity contribution in [3.63, 3.8) is 0 Å². The second kappa shape index (κ2) is 9.46. The van der Waals surface area contributed by atoms with Crippen LogP contribution < -0.4 is 14.8 Å². The van der Waals surface area contributed by atoms with Crippen molar-refractivity contribution in [2.24, 2.45) is 0 Å². The van der Waals surface area contributed by atoms with Crippen LogP contribution in [0.1, 0.15) is 32.3 Å². The monoisotopic (exact) mass is 378 g/mol. The van der Waals surface area contributed by atoms with Crippen molar-refractivity contribution >= 4 is 23.6 Å². The molecule has 6 nitrogen and oxygen atoms in total. The van der Waals surface area contributed by atoms with Gasteiger partial charge < -0.3 is 19.5 Å². The molecule has 0 aromatic heterocycles. The molecule has 1 unspecified atom stereocenters. The Hall–Kier alpha value is -2.23. The molecule has 1 fully saturated rings. The van der Waals surface area contributed by atoms with Crippen molar-refractivity contribution < 1.29 is 19.0 Å². The summed E-state index contributed by atoms with van der Waals surface area (Å²) in [6, 6.07) is 5.23. The molecule has 7 heteroatoms. The summed E-state index contributed by atoms with van der Waals surface area (Å²) in [5.41, 5.74) is 0.561. The first-order chi connectivity index (χ1) is 12.4. The van der Waals surface area contributed by atoms with Gasteiger partial charge in [-0.2, -0.15) is 5.26 Å². The molecule has 1 aromatic carbocycles. The Bertz CT molecular complexity index is 719. The lowest BCUT2D eigenvalue weighted by atomic mass is 10.1. The molecule has 1 heterocycles. The first kappa shape index (κ1) is 20.1. The van der Waals surface area contributed by atoms with E-state index in [0.717, 1.165) is 12.8 Å². The molecule has 0 radical (unpaired) electrons. The summed E-state index contributed by atoms with van der Waals surface area (Å²) in [5, 5.41) is 12.4. The second-order valence-corrected chi connectivity index (χ2v) is 6.62. The lowest BCUT2D eigenvalue weighted by Crippen LogP contribution is -2.32. The number of methoxy groups -OCH3 is 1. The van der Waals surface area contributed by atoms with Gasteiger partial charge in [0.15, 0.2) is 11.5 Å². The van der Waals surface area contributed by atoms with E-state index in [1.54, 1.807) is 12.1 Å². The van der Waals surface area contributed by atoms with E-state index >= 15 is 0 Å². The van der Waals surface area contributed by atoms with Gasteiger partial charge in [-0.15, -0.1) is 0 Å². The molecule has 1 atom stereocenters. The largest absolute Gasteiger partial charge is 0.493 e. The number of nitriles is 1. The number of hydrogen-bond donors (Lipinski definition) is 1. The lowest BCUT2D eigenvalue weighted by molar-refractivity contribution is -0.117. The van der Waals surface area contributed by atoms with Crippen LogP contribution in [0.25, 0.3) is 6.08 Å². The molecule has 0 spiro atoms. The van der Waals surface area contributed by atoms with E-state index in [0.29, 0.717) is 35.2 Å². The number of rotatable bonds is 7. The third-order valence-electron chi connectivity index (χ3n) is 3.80. The minimum absolute atomic E-state index is 0.0147. The van der Waals surface area contributed by atoms with Crippen LogP contribution in [0, 0.1) is 11.3 Å². The topological polar surface area (TPSA) is 80.6 Å². The molecule has 0 bridgehead atoms. The zero-order valence-corrected chi connectivity index (χ0v) is 15.9. The Morgan fingerprint density at radius 2 is 2.31 bits per heavy atom. The number of carbonyl (C=O) groups excluding carboxylic acids is 1. The average molecular weight is 379 g/mol. The maximum absolute atomic E-state index is 12.2. The van der Waals surface area contributed by atoms with Crippen LogP contribution in [0.3, 0.4) is 0 Å². The van der Waals surface area contributed by atoms with Crippen LogP contribution in [0.2, 0.25) is 5.02 Å². The van der Waals surface area contributed by atoms with Crippen LogP contribution in [-0.4, -0.2) is 38.4 Å². The summed E-state index contributed by atoms with van der Waals surface area (Å²) >= 11 is 6.28. The van der Waals surface area contributed by atoms with E-state index in [-0.39, 0.29) is 17.8 Å². The second-order valence-electron chi connectivity index (χ2n) is 6.22. The van der Waals surface area contributed by atoms with Crippen LogP contribution >= 0.6 is 11.6 Å². The first-order valence-corrected chi connectivity index (χ1v) is 8.88. The van der Waals surface area contributed by atoms with Crippen molar-refractivity contribution in [2.45, 2.75) is 38.9 Å². The zero-order valence-electron chi connectivity index (χ0n) is 15.2. The molecule has 1 N–H and O–H groups in total. The van der Waals surface area contributed by atoms with E-state index in [2.05, 4.69) is 5.32 Å². The van der Waals surface area contributed by atoms with Gasteiger partial charge >= 0.3 is 0 Å². The number of hydrogen-bond acceptors (Lipinski definition) is 5. The Morgan fingerprint density at radius 3 is 2.88 bits per heavy atom. The van der Waals surface area contributed by atoms with E-state index < -0.39 is 5.91 Å². The van der Waals surface area contributed by atoms with Gasteiger partial charge in [-0.1, -0.05) is 11.6 Å². The molecule has 1 aromatic rings. The molecule has 26 heavy (non-hydrogen) atoms. The highest BCUT2D eigenvalue weighted by atomic mass is 35.5. The summed E-state index contributed by atoms with van der Waals surface area (Å²) in [6.07, 6.45) is 3.32. The third kappa shape index (κ3) is 5.38. The zero-order chi connectivity index (χ0) is 19.1. The molecule has 2 rings (SSSR count). The Balaban J connectivity index is 2.17.